The fraction of sp³-hybridized carbons (Fsp3) is 0.409. The molecule has 2 heterocycles. The van der Waals surface area contributed by atoms with E-state index in [9.17, 15) is 14.3 Å². The molecule has 156 valence electrons. The van der Waals surface area contributed by atoms with Crippen molar-refractivity contribution < 1.29 is 19.0 Å². The van der Waals surface area contributed by atoms with Crippen molar-refractivity contribution in [3.05, 3.63) is 81.5 Å². The molecule has 0 spiro atoms. The van der Waals surface area contributed by atoms with Crippen molar-refractivity contribution in [2.75, 3.05) is 19.7 Å². The predicted molar refractivity (Wildman–Crippen MR) is 108 cm³/mol. The quantitative estimate of drug-likeness (QED) is 0.474. The molecule has 2 aliphatic rings. The van der Waals surface area contributed by atoms with Gasteiger partial charge in [-0.3, -0.25) is 4.79 Å². The van der Waals surface area contributed by atoms with Gasteiger partial charge in [-0.2, -0.15) is 0 Å². The number of hydrogen-bond acceptors (Lipinski definition) is 4. The van der Waals surface area contributed by atoms with Gasteiger partial charge in [-0.05, 0) is 53.6 Å². The van der Waals surface area contributed by atoms with Crippen LogP contribution in [-0.4, -0.2) is 47.3 Å². The lowest BCUT2D eigenvalue weighted by molar-refractivity contribution is -0.162. The fourth-order valence-corrected chi connectivity index (χ4v) is 4.29. The van der Waals surface area contributed by atoms with E-state index in [4.69, 9.17) is 10.3 Å². The predicted octanol–water partition coefficient (Wildman–Crippen LogP) is 3.52. The summed E-state index contributed by atoms with van der Waals surface area (Å²) in [7, 11) is 0. The van der Waals surface area contributed by atoms with Crippen LogP contribution < -0.4 is 0 Å². The zero-order chi connectivity index (χ0) is 21.1. The normalized spacial score (nSPS) is 25.9. The van der Waals surface area contributed by atoms with Gasteiger partial charge in [0, 0.05) is 11.5 Å². The zero-order valence-corrected chi connectivity index (χ0v) is 16.4. The Hall–Kier alpha value is -2.93. The number of rotatable bonds is 4. The second-order valence-electron chi connectivity index (χ2n) is 7.89. The van der Waals surface area contributed by atoms with Crippen LogP contribution in [0.5, 0.6) is 0 Å². The number of hydrogen-bond donors (Lipinski definition) is 1. The van der Waals surface area contributed by atoms with E-state index in [2.05, 4.69) is 16.1 Å². The Morgan fingerprint density at radius 3 is 2.77 bits per heavy atom. The van der Waals surface area contributed by atoms with Crippen LogP contribution >= 0.6 is 0 Å². The molecule has 1 N–H and O–H groups in total. The van der Waals surface area contributed by atoms with Crippen LogP contribution in [-0.2, 0) is 16.0 Å². The lowest BCUT2D eigenvalue weighted by Crippen LogP contribution is -2.51. The Morgan fingerprint density at radius 2 is 2.07 bits per heavy atom. The molecule has 0 saturated carbocycles. The van der Waals surface area contributed by atoms with E-state index in [0.717, 1.165) is 17.5 Å². The molecule has 4 rings (SSSR count). The van der Waals surface area contributed by atoms with E-state index < -0.39 is 11.7 Å². The lowest BCUT2D eigenvalue weighted by atomic mass is 9.87. The van der Waals surface area contributed by atoms with Crippen molar-refractivity contribution in [3.63, 3.8) is 0 Å². The Morgan fingerprint density at radius 1 is 1.30 bits per heavy atom. The average Bonchev–Trinajstić information content (AvgIpc) is 2.78. The van der Waals surface area contributed by atoms with Gasteiger partial charge in [-0.15, -0.1) is 0 Å². The summed E-state index contributed by atoms with van der Waals surface area (Å²) in [6, 6.07) is 13.9. The van der Waals surface area contributed by atoms with Crippen LogP contribution in [0, 0.1) is 5.82 Å². The number of fused-ring (bicyclic) bond motifs is 1. The molecule has 0 radical (unpaired) electrons. The van der Waals surface area contributed by atoms with E-state index in [1.54, 1.807) is 17.0 Å². The monoisotopic (exact) mass is 410 g/mol. The molecule has 1 saturated heterocycles. The topological polar surface area (TPSA) is 98.5 Å². The van der Waals surface area contributed by atoms with E-state index in [-0.39, 0.29) is 30.9 Å². The van der Waals surface area contributed by atoms with Gasteiger partial charge in [0.25, 0.3) is 5.91 Å². The standard InChI is InChI=1S/C22H23FN4O3/c23-17-7-5-16(6-8-17)20-18-4-2-1-3-15(18)10-12-27(20)21(28)19-9-11-22(29,14-30-19)13-25-26-24/h1-8,19-20,29H,9-14H2/t19?,20-,22?/m0/s1. The van der Waals surface area contributed by atoms with Gasteiger partial charge in [-0.25, -0.2) is 4.39 Å². The minimum atomic E-state index is -1.24. The number of carbonyl (C=O) groups is 1. The molecular formula is C22H23FN4O3. The molecule has 0 aromatic heterocycles. The van der Waals surface area contributed by atoms with E-state index >= 15 is 0 Å². The maximum Gasteiger partial charge on any atom is 0.252 e. The molecule has 3 atom stereocenters. The van der Waals surface area contributed by atoms with Crippen LogP contribution in [0.15, 0.2) is 53.6 Å². The molecule has 30 heavy (non-hydrogen) atoms. The molecule has 0 bridgehead atoms. The number of azide groups is 1. The van der Waals surface area contributed by atoms with Crippen molar-refractivity contribution in [1.29, 1.82) is 0 Å². The first-order valence-corrected chi connectivity index (χ1v) is 9.99. The molecule has 1 amide bonds. The Bertz CT molecular complexity index is 967. The first-order valence-electron chi connectivity index (χ1n) is 9.99. The highest BCUT2D eigenvalue weighted by molar-refractivity contribution is 5.82. The largest absolute Gasteiger partial charge is 0.387 e. The van der Waals surface area contributed by atoms with Crippen LogP contribution in [0.1, 0.15) is 35.6 Å². The Kier molecular flexibility index (Phi) is 5.72. The summed E-state index contributed by atoms with van der Waals surface area (Å²) < 4.78 is 19.2. The molecule has 8 heteroatoms. The van der Waals surface area contributed by atoms with Crippen molar-refractivity contribution in [1.82, 2.24) is 4.90 Å². The zero-order valence-electron chi connectivity index (χ0n) is 16.4. The van der Waals surface area contributed by atoms with E-state index in [1.807, 2.05) is 18.2 Å². The highest BCUT2D eigenvalue weighted by atomic mass is 19.1. The smallest absolute Gasteiger partial charge is 0.252 e. The summed E-state index contributed by atoms with van der Waals surface area (Å²) in [6.45, 7) is 0.383. The molecule has 2 aromatic rings. The number of nitrogens with zero attached hydrogens (tertiary/aromatic N) is 4. The van der Waals surface area contributed by atoms with Gasteiger partial charge < -0.3 is 14.7 Å². The Balaban J connectivity index is 1.58. The number of halogens is 1. The minimum Gasteiger partial charge on any atom is -0.387 e. The molecule has 2 aromatic carbocycles. The molecule has 2 aliphatic heterocycles. The highest BCUT2D eigenvalue weighted by Crippen LogP contribution is 2.37. The van der Waals surface area contributed by atoms with Crippen molar-refractivity contribution in [3.8, 4) is 0 Å². The van der Waals surface area contributed by atoms with Gasteiger partial charge in [-0.1, -0.05) is 41.5 Å². The molecule has 2 unspecified atom stereocenters. The lowest BCUT2D eigenvalue weighted by Gasteiger charge is -2.41. The number of aliphatic hydroxyl groups is 1. The number of carbonyl (C=O) groups excluding carboxylic acids is 1. The van der Waals surface area contributed by atoms with Crippen molar-refractivity contribution in [2.45, 2.75) is 37.0 Å². The first-order chi connectivity index (χ1) is 14.5. The van der Waals surface area contributed by atoms with E-state index in [1.165, 1.54) is 17.7 Å². The summed E-state index contributed by atoms with van der Waals surface area (Å²) in [5.41, 5.74) is 10.3. The number of benzene rings is 2. The van der Waals surface area contributed by atoms with Gasteiger partial charge in [0.1, 0.15) is 11.9 Å². The fourth-order valence-electron chi connectivity index (χ4n) is 4.29. The third-order valence-electron chi connectivity index (χ3n) is 5.88. The first kappa shape index (κ1) is 20.3. The minimum absolute atomic E-state index is 0.0614. The summed E-state index contributed by atoms with van der Waals surface area (Å²) in [5, 5.41) is 13.9. The summed E-state index contributed by atoms with van der Waals surface area (Å²) in [4.78, 5) is 17.9. The third kappa shape index (κ3) is 4.03. The van der Waals surface area contributed by atoms with Gasteiger partial charge in [0.15, 0.2) is 0 Å². The number of ether oxygens (including phenoxy) is 1. The van der Waals surface area contributed by atoms with Crippen molar-refractivity contribution in [2.24, 2.45) is 5.11 Å². The second-order valence-corrected chi connectivity index (χ2v) is 7.89. The Labute approximate surface area is 173 Å². The third-order valence-corrected chi connectivity index (χ3v) is 5.88. The molecule has 1 fully saturated rings. The van der Waals surface area contributed by atoms with Crippen LogP contribution in [0.3, 0.4) is 0 Å². The number of amides is 1. The van der Waals surface area contributed by atoms with Crippen LogP contribution in [0.4, 0.5) is 4.39 Å². The van der Waals surface area contributed by atoms with Gasteiger partial charge in [0.2, 0.25) is 0 Å². The highest BCUT2D eigenvalue weighted by Gasteiger charge is 2.40. The maximum absolute atomic E-state index is 13.5. The van der Waals surface area contributed by atoms with E-state index in [0.29, 0.717) is 19.4 Å². The SMILES string of the molecule is [N-]=[N+]=NCC1(O)CCC(C(=O)N2CCc3ccccc3[C@@H]2c2ccc(F)cc2)OC1. The molecule has 7 nitrogen and oxygen atoms in total. The van der Waals surface area contributed by atoms with Crippen LogP contribution in [0.25, 0.3) is 10.4 Å². The average molecular weight is 410 g/mol. The van der Waals surface area contributed by atoms with Gasteiger partial charge in [0.05, 0.1) is 24.8 Å². The van der Waals surface area contributed by atoms with Crippen LogP contribution in [0.2, 0.25) is 0 Å². The van der Waals surface area contributed by atoms with Gasteiger partial charge >= 0.3 is 0 Å². The molecule has 0 aliphatic carbocycles. The summed E-state index contributed by atoms with van der Waals surface area (Å²) in [6.07, 6.45) is 0.704. The molecular weight excluding hydrogens is 387 g/mol. The second kappa shape index (κ2) is 8.44. The maximum atomic E-state index is 13.5. The summed E-state index contributed by atoms with van der Waals surface area (Å²) >= 11 is 0. The summed E-state index contributed by atoms with van der Waals surface area (Å²) in [5.74, 6) is -0.472. The van der Waals surface area contributed by atoms with Crippen molar-refractivity contribution >= 4 is 5.91 Å².